The third-order valence-electron chi connectivity index (χ3n) is 2.67. The van der Waals surface area contributed by atoms with Crippen molar-refractivity contribution in [2.45, 2.75) is 33.2 Å². The number of nitrogens with two attached hydrogens (primary N) is 1. The van der Waals surface area contributed by atoms with Crippen molar-refractivity contribution in [2.75, 3.05) is 0 Å². The summed E-state index contributed by atoms with van der Waals surface area (Å²) in [5.74, 6) is 1.04. The molecule has 90 valence electrons. The maximum Gasteiger partial charge on any atom is 0.247 e. The van der Waals surface area contributed by atoms with E-state index in [4.69, 9.17) is 10.2 Å². The van der Waals surface area contributed by atoms with Crippen molar-refractivity contribution in [3.05, 3.63) is 35.2 Å². The van der Waals surface area contributed by atoms with Gasteiger partial charge in [0, 0.05) is 5.56 Å². The molecule has 0 aliphatic rings. The van der Waals surface area contributed by atoms with Crippen LogP contribution in [0.2, 0.25) is 0 Å². The Morgan fingerprint density at radius 1 is 1.18 bits per heavy atom. The summed E-state index contributed by atoms with van der Waals surface area (Å²) < 4.78 is 5.59. The Kier molecular flexibility index (Phi) is 3.24. The summed E-state index contributed by atoms with van der Waals surface area (Å²) in [6.45, 7) is 6.09. The van der Waals surface area contributed by atoms with Crippen LogP contribution < -0.4 is 5.73 Å². The highest BCUT2D eigenvalue weighted by atomic mass is 16.4. The normalized spacial score (nSPS) is 12.7. The van der Waals surface area contributed by atoms with E-state index in [0.29, 0.717) is 11.8 Å². The molecule has 2 N–H and O–H groups in total. The highest BCUT2D eigenvalue weighted by molar-refractivity contribution is 5.55. The number of aromatic nitrogens is 2. The fourth-order valence-corrected chi connectivity index (χ4v) is 1.77. The van der Waals surface area contributed by atoms with E-state index in [1.165, 1.54) is 11.1 Å². The predicted molar refractivity (Wildman–Crippen MR) is 66.4 cm³/mol. The molecule has 0 radical (unpaired) electrons. The van der Waals surface area contributed by atoms with E-state index >= 15 is 0 Å². The van der Waals surface area contributed by atoms with Crippen molar-refractivity contribution in [3.63, 3.8) is 0 Å². The van der Waals surface area contributed by atoms with E-state index in [1.54, 1.807) is 0 Å². The SMILES string of the molecule is CCC(N)c1nnc(-c2cc(C)cc(C)c2)o1. The molecule has 1 heterocycles. The molecule has 1 aromatic heterocycles. The van der Waals surface area contributed by atoms with Gasteiger partial charge in [-0.2, -0.15) is 0 Å². The number of benzene rings is 1. The van der Waals surface area contributed by atoms with Gasteiger partial charge in [0.2, 0.25) is 11.8 Å². The van der Waals surface area contributed by atoms with Gasteiger partial charge in [-0.15, -0.1) is 10.2 Å². The van der Waals surface area contributed by atoms with Crippen molar-refractivity contribution in [1.29, 1.82) is 0 Å². The Balaban J connectivity index is 2.36. The maximum absolute atomic E-state index is 5.85. The van der Waals surface area contributed by atoms with Crippen LogP contribution in [-0.2, 0) is 0 Å². The zero-order valence-corrected chi connectivity index (χ0v) is 10.4. The average Bonchev–Trinajstić information content (AvgIpc) is 2.76. The molecule has 0 aliphatic heterocycles. The first-order chi connectivity index (χ1) is 8.10. The zero-order chi connectivity index (χ0) is 12.4. The summed E-state index contributed by atoms with van der Waals surface area (Å²) >= 11 is 0. The molecule has 1 unspecified atom stereocenters. The molecule has 2 rings (SSSR count). The lowest BCUT2D eigenvalue weighted by molar-refractivity contribution is 0.452. The van der Waals surface area contributed by atoms with Gasteiger partial charge in [0.15, 0.2) is 0 Å². The van der Waals surface area contributed by atoms with E-state index in [-0.39, 0.29) is 6.04 Å². The van der Waals surface area contributed by atoms with Crippen molar-refractivity contribution < 1.29 is 4.42 Å². The molecule has 0 fully saturated rings. The van der Waals surface area contributed by atoms with Gasteiger partial charge in [-0.1, -0.05) is 24.1 Å². The number of rotatable bonds is 3. The monoisotopic (exact) mass is 231 g/mol. The van der Waals surface area contributed by atoms with Gasteiger partial charge in [0.05, 0.1) is 6.04 Å². The Labute approximate surface area is 101 Å². The number of aryl methyl sites for hydroxylation is 2. The molecule has 0 bridgehead atoms. The minimum Gasteiger partial charge on any atom is -0.419 e. The van der Waals surface area contributed by atoms with Crippen molar-refractivity contribution >= 4 is 0 Å². The van der Waals surface area contributed by atoms with Crippen molar-refractivity contribution in [3.8, 4) is 11.5 Å². The summed E-state index contributed by atoms with van der Waals surface area (Å²) in [5.41, 5.74) is 9.16. The smallest absolute Gasteiger partial charge is 0.247 e. The molecule has 2 aromatic rings. The van der Waals surface area contributed by atoms with Gasteiger partial charge in [-0.05, 0) is 32.4 Å². The predicted octanol–water partition coefficient (Wildman–Crippen LogP) is 2.76. The van der Waals surface area contributed by atoms with E-state index in [1.807, 2.05) is 32.9 Å². The molecule has 4 heteroatoms. The second-order valence-corrected chi connectivity index (χ2v) is 4.34. The average molecular weight is 231 g/mol. The molecular formula is C13H17N3O. The van der Waals surface area contributed by atoms with Crippen molar-refractivity contribution in [1.82, 2.24) is 10.2 Å². The standard InChI is InChI=1S/C13H17N3O/c1-4-11(14)13-16-15-12(17-13)10-6-8(2)5-9(3)7-10/h5-7,11H,4,14H2,1-3H3. The van der Waals surface area contributed by atoms with Crippen LogP contribution >= 0.6 is 0 Å². The molecule has 17 heavy (non-hydrogen) atoms. The summed E-state index contributed by atoms with van der Waals surface area (Å²) in [6, 6.07) is 5.99. The summed E-state index contributed by atoms with van der Waals surface area (Å²) in [5, 5.41) is 8.02. The molecule has 4 nitrogen and oxygen atoms in total. The topological polar surface area (TPSA) is 64.9 Å². The first-order valence-electron chi connectivity index (χ1n) is 5.77. The van der Waals surface area contributed by atoms with E-state index < -0.39 is 0 Å². The summed E-state index contributed by atoms with van der Waals surface area (Å²) in [6.07, 6.45) is 0.786. The molecular weight excluding hydrogens is 214 g/mol. The lowest BCUT2D eigenvalue weighted by Gasteiger charge is -2.02. The van der Waals surface area contributed by atoms with E-state index in [9.17, 15) is 0 Å². The minimum atomic E-state index is -0.179. The third kappa shape index (κ3) is 2.53. The number of nitrogens with zero attached hydrogens (tertiary/aromatic N) is 2. The molecule has 1 atom stereocenters. The first-order valence-corrected chi connectivity index (χ1v) is 5.77. The number of hydrogen-bond donors (Lipinski definition) is 1. The Morgan fingerprint density at radius 2 is 1.82 bits per heavy atom. The molecule has 0 spiro atoms. The lowest BCUT2D eigenvalue weighted by Crippen LogP contribution is -2.08. The first kappa shape index (κ1) is 11.8. The van der Waals surface area contributed by atoms with Crippen molar-refractivity contribution in [2.24, 2.45) is 5.73 Å². The van der Waals surface area contributed by atoms with Gasteiger partial charge in [-0.25, -0.2) is 0 Å². The van der Waals surface area contributed by atoms with Gasteiger partial charge < -0.3 is 10.2 Å². The van der Waals surface area contributed by atoms with Gasteiger partial charge in [-0.3, -0.25) is 0 Å². The summed E-state index contributed by atoms with van der Waals surface area (Å²) in [7, 11) is 0. The fraction of sp³-hybridized carbons (Fsp3) is 0.385. The van der Waals surface area contributed by atoms with Crippen LogP contribution in [0.4, 0.5) is 0 Å². The molecule has 0 amide bonds. The van der Waals surface area contributed by atoms with Crippen LogP contribution in [0.15, 0.2) is 22.6 Å². The maximum atomic E-state index is 5.85. The zero-order valence-electron chi connectivity index (χ0n) is 10.4. The quantitative estimate of drug-likeness (QED) is 0.882. The van der Waals surface area contributed by atoms with Crippen LogP contribution in [0.25, 0.3) is 11.5 Å². The van der Waals surface area contributed by atoms with E-state index in [0.717, 1.165) is 12.0 Å². The van der Waals surface area contributed by atoms with Crippen LogP contribution in [0.5, 0.6) is 0 Å². The Morgan fingerprint density at radius 3 is 2.41 bits per heavy atom. The largest absolute Gasteiger partial charge is 0.419 e. The number of hydrogen-bond acceptors (Lipinski definition) is 4. The van der Waals surface area contributed by atoms with Crippen LogP contribution in [-0.4, -0.2) is 10.2 Å². The van der Waals surface area contributed by atoms with Gasteiger partial charge in [0.25, 0.3) is 0 Å². The minimum absolute atomic E-state index is 0.179. The van der Waals surface area contributed by atoms with Gasteiger partial charge >= 0.3 is 0 Å². The second-order valence-electron chi connectivity index (χ2n) is 4.34. The summed E-state index contributed by atoms with van der Waals surface area (Å²) in [4.78, 5) is 0. The second kappa shape index (κ2) is 4.67. The fourth-order valence-electron chi connectivity index (χ4n) is 1.77. The highest BCUT2D eigenvalue weighted by Crippen LogP contribution is 2.23. The van der Waals surface area contributed by atoms with Crippen LogP contribution in [0.3, 0.4) is 0 Å². The Hall–Kier alpha value is -1.68. The van der Waals surface area contributed by atoms with Crippen LogP contribution in [0, 0.1) is 13.8 Å². The molecule has 0 saturated carbocycles. The van der Waals surface area contributed by atoms with Crippen LogP contribution in [0.1, 0.15) is 36.4 Å². The third-order valence-corrected chi connectivity index (χ3v) is 2.67. The molecule has 0 aliphatic carbocycles. The molecule has 0 saturated heterocycles. The van der Waals surface area contributed by atoms with Gasteiger partial charge in [0.1, 0.15) is 0 Å². The Bertz CT molecular complexity index is 499. The molecule has 1 aromatic carbocycles. The lowest BCUT2D eigenvalue weighted by atomic mass is 10.1. The highest BCUT2D eigenvalue weighted by Gasteiger charge is 2.13. The van der Waals surface area contributed by atoms with E-state index in [2.05, 4.69) is 16.3 Å².